The van der Waals surface area contributed by atoms with E-state index >= 15 is 0 Å². The maximum Gasteiger partial charge on any atom is 0.314 e. The number of nitrogens with zero attached hydrogens (tertiary/aromatic N) is 1. The number of hydrogen-bond donors (Lipinski definition) is 2. The summed E-state index contributed by atoms with van der Waals surface area (Å²) >= 11 is 1.60. The summed E-state index contributed by atoms with van der Waals surface area (Å²) in [6.45, 7) is 0.558. The van der Waals surface area contributed by atoms with Gasteiger partial charge in [0.25, 0.3) is 0 Å². The van der Waals surface area contributed by atoms with Gasteiger partial charge in [0.15, 0.2) is 0 Å². The Balaban J connectivity index is 2.21. The fourth-order valence-electron chi connectivity index (χ4n) is 1.50. The van der Waals surface area contributed by atoms with Crippen LogP contribution in [0.1, 0.15) is 4.88 Å². The molecule has 2 rings (SSSR count). The molecule has 0 atom stereocenters. The number of hydrogen-bond acceptors (Lipinski definition) is 5. The van der Waals surface area contributed by atoms with E-state index in [1.165, 1.54) is 6.07 Å². The zero-order valence-electron chi connectivity index (χ0n) is 8.92. The summed E-state index contributed by atoms with van der Waals surface area (Å²) in [4.78, 5) is 11.5. The smallest absolute Gasteiger partial charge is 0.314 e. The van der Waals surface area contributed by atoms with Crippen molar-refractivity contribution < 1.29 is 4.92 Å². The Hall–Kier alpha value is -2.08. The number of nitrogens with two attached hydrogens (primary N) is 1. The Labute approximate surface area is 102 Å². The van der Waals surface area contributed by atoms with Crippen LogP contribution in [0.25, 0.3) is 0 Å². The second-order valence-electron chi connectivity index (χ2n) is 3.43. The van der Waals surface area contributed by atoms with Crippen LogP contribution >= 0.6 is 11.3 Å². The van der Waals surface area contributed by atoms with Crippen molar-refractivity contribution in [3.8, 4) is 0 Å². The molecule has 2 aromatic rings. The third kappa shape index (κ3) is 2.54. The monoisotopic (exact) mass is 249 g/mol. The average Bonchev–Trinajstić information content (AvgIpc) is 2.78. The highest BCUT2D eigenvalue weighted by atomic mass is 32.1. The molecule has 0 spiro atoms. The Kier molecular flexibility index (Phi) is 3.24. The highest BCUT2D eigenvalue weighted by molar-refractivity contribution is 7.09. The zero-order valence-corrected chi connectivity index (χ0v) is 9.74. The van der Waals surface area contributed by atoms with Crippen molar-refractivity contribution >= 4 is 28.4 Å². The summed E-state index contributed by atoms with van der Waals surface area (Å²) in [6.07, 6.45) is 0. The van der Waals surface area contributed by atoms with E-state index in [2.05, 4.69) is 5.32 Å². The lowest BCUT2D eigenvalue weighted by molar-refractivity contribution is -0.383. The summed E-state index contributed by atoms with van der Waals surface area (Å²) in [6, 6.07) is 8.78. The number of rotatable bonds is 4. The minimum atomic E-state index is -0.466. The first-order valence-corrected chi connectivity index (χ1v) is 5.85. The molecule has 88 valence electrons. The molecule has 6 heteroatoms. The van der Waals surface area contributed by atoms with E-state index in [0.717, 1.165) is 4.88 Å². The second-order valence-corrected chi connectivity index (χ2v) is 4.47. The summed E-state index contributed by atoms with van der Waals surface area (Å²) in [7, 11) is 0. The van der Waals surface area contributed by atoms with Gasteiger partial charge in [-0.3, -0.25) is 10.1 Å². The summed E-state index contributed by atoms with van der Waals surface area (Å²) in [5.41, 5.74) is 6.15. The molecule has 0 fully saturated rings. The van der Waals surface area contributed by atoms with Crippen LogP contribution < -0.4 is 11.1 Å². The lowest BCUT2D eigenvalue weighted by Gasteiger charge is -2.07. The Morgan fingerprint density at radius 2 is 2.18 bits per heavy atom. The maximum atomic E-state index is 10.9. The molecule has 1 aromatic heterocycles. The number of anilines is 2. The number of nitrogens with one attached hydrogen (secondary N) is 1. The van der Waals surface area contributed by atoms with Crippen molar-refractivity contribution in [2.45, 2.75) is 6.54 Å². The lowest BCUT2D eigenvalue weighted by Crippen LogP contribution is -2.03. The third-order valence-corrected chi connectivity index (χ3v) is 3.16. The number of nitro groups is 1. The van der Waals surface area contributed by atoms with Crippen molar-refractivity contribution in [2.24, 2.45) is 0 Å². The molecule has 0 amide bonds. The molecule has 3 N–H and O–H groups in total. The molecule has 5 nitrogen and oxygen atoms in total. The van der Waals surface area contributed by atoms with Crippen molar-refractivity contribution in [1.29, 1.82) is 0 Å². The first-order valence-electron chi connectivity index (χ1n) is 4.97. The number of para-hydroxylation sites is 1. The van der Waals surface area contributed by atoms with Gasteiger partial charge in [0.2, 0.25) is 0 Å². The van der Waals surface area contributed by atoms with Crippen LogP contribution in [-0.2, 0) is 6.54 Å². The highest BCUT2D eigenvalue weighted by Gasteiger charge is 2.17. The second kappa shape index (κ2) is 4.84. The first-order chi connectivity index (χ1) is 8.18. The van der Waals surface area contributed by atoms with Gasteiger partial charge in [-0.1, -0.05) is 12.1 Å². The molecule has 0 aliphatic rings. The van der Waals surface area contributed by atoms with Crippen LogP contribution in [0.2, 0.25) is 0 Å². The topological polar surface area (TPSA) is 81.2 Å². The summed E-state index contributed by atoms with van der Waals surface area (Å²) in [5.74, 6) is 0. The van der Waals surface area contributed by atoms with Crippen LogP contribution in [0, 0.1) is 10.1 Å². The minimum absolute atomic E-state index is 0.0657. The lowest BCUT2D eigenvalue weighted by atomic mass is 10.2. The minimum Gasteiger partial charge on any atom is -0.393 e. The predicted octanol–water partition coefficient (Wildman–Crippen LogP) is 2.85. The maximum absolute atomic E-state index is 10.9. The quantitative estimate of drug-likeness (QED) is 0.496. The van der Waals surface area contributed by atoms with Crippen molar-refractivity contribution in [3.05, 3.63) is 50.7 Å². The van der Waals surface area contributed by atoms with Crippen LogP contribution in [0.5, 0.6) is 0 Å². The molecular weight excluding hydrogens is 238 g/mol. The van der Waals surface area contributed by atoms with Crippen LogP contribution in [0.4, 0.5) is 17.1 Å². The Bertz CT molecular complexity index is 526. The van der Waals surface area contributed by atoms with E-state index in [1.807, 2.05) is 17.5 Å². The van der Waals surface area contributed by atoms with Crippen LogP contribution in [0.3, 0.4) is 0 Å². The van der Waals surface area contributed by atoms with Gasteiger partial charge in [0.1, 0.15) is 11.4 Å². The van der Waals surface area contributed by atoms with E-state index in [9.17, 15) is 10.1 Å². The molecule has 0 bridgehead atoms. The average molecular weight is 249 g/mol. The van der Waals surface area contributed by atoms with E-state index in [4.69, 9.17) is 5.73 Å². The van der Waals surface area contributed by atoms with Gasteiger partial charge in [0.05, 0.1) is 4.92 Å². The molecule has 0 aliphatic carbocycles. The van der Waals surface area contributed by atoms with Gasteiger partial charge >= 0.3 is 5.69 Å². The number of nitrogen functional groups attached to an aromatic ring is 1. The van der Waals surface area contributed by atoms with E-state index < -0.39 is 4.92 Å². The molecule has 0 aliphatic heterocycles. The van der Waals surface area contributed by atoms with Crippen LogP contribution in [0.15, 0.2) is 35.7 Å². The molecule has 17 heavy (non-hydrogen) atoms. The fraction of sp³-hybridized carbons (Fsp3) is 0.0909. The summed E-state index contributed by atoms with van der Waals surface area (Å²) in [5, 5.41) is 15.9. The van der Waals surface area contributed by atoms with Gasteiger partial charge in [-0.05, 0) is 23.6 Å². The normalized spacial score (nSPS) is 10.1. The van der Waals surface area contributed by atoms with Gasteiger partial charge < -0.3 is 11.1 Å². The van der Waals surface area contributed by atoms with E-state index in [0.29, 0.717) is 12.2 Å². The Morgan fingerprint density at radius 1 is 1.35 bits per heavy atom. The molecule has 1 aromatic carbocycles. The fourth-order valence-corrected chi connectivity index (χ4v) is 2.15. The molecule has 0 radical (unpaired) electrons. The molecule has 0 saturated heterocycles. The van der Waals surface area contributed by atoms with Gasteiger partial charge in [-0.15, -0.1) is 11.3 Å². The molecule has 1 heterocycles. The van der Waals surface area contributed by atoms with Crippen LogP contribution in [-0.4, -0.2) is 4.92 Å². The number of benzene rings is 1. The van der Waals surface area contributed by atoms with Crippen molar-refractivity contribution in [3.63, 3.8) is 0 Å². The van der Waals surface area contributed by atoms with E-state index in [1.54, 1.807) is 23.5 Å². The van der Waals surface area contributed by atoms with Gasteiger partial charge in [-0.2, -0.15) is 0 Å². The highest BCUT2D eigenvalue weighted by Crippen LogP contribution is 2.30. The zero-order chi connectivity index (χ0) is 12.3. The standard InChI is InChI=1S/C11H11N3O2S/c12-9-4-1-5-10(11(9)14(15)16)13-7-8-3-2-6-17-8/h1-6,13H,7,12H2. The number of thiophene rings is 1. The molecular formula is C11H11N3O2S. The van der Waals surface area contributed by atoms with Crippen molar-refractivity contribution in [1.82, 2.24) is 0 Å². The van der Waals surface area contributed by atoms with Gasteiger partial charge in [0, 0.05) is 11.4 Å². The largest absolute Gasteiger partial charge is 0.393 e. The predicted molar refractivity (Wildman–Crippen MR) is 69.2 cm³/mol. The Morgan fingerprint density at radius 3 is 2.82 bits per heavy atom. The molecule has 0 saturated carbocycles. The molecule has 0 unspecified atom stereocenters. The SMILES string of the molecule is Nc1cccc(NCc2cccs2)c1[N+](=O)[O-]. The van der Waals surface area contributed by atoms with E-state index in [-0.39, 0.29) is 11.4 Å². The van der Waals surface area contributed by atoms with Gasteiger partial charge in [-0.25, -0.2) is 0 Å². The van der Waals surface area contributed by atoms with Crippen molar-refractivity contribution in [2.75, 3.05) is 11.1 Å². The third-order valence-electron chi connectivity index (χ3n) is 2.28. The number of nitro benzene ring substituents is 1. The first kappa shape index (κ1) is 11.4. The summed E-state index contributed by atoms with van der Waals surface area (Å²) < 4.78 is 0.